The van der Waals surface area contributed by atoms with Gasteiger partial charge in [0.25, 0.3) is 4.59 Å². The summed E-state index contributed by atoms with van der Waals surface area (Å²) in [5.41, 5.74) is 0. The summed E-state index contributed by atoms with van der Waals surface area (Å²) in [4.78, 5) is 9.37. The number of aldehydes is 1. The molecular formula is C3H2Cl2F2O. The molecule has 0 saturated carbocycles. The smallest absolute Gasteiger partial charge is 0.295 e. The molecule has 0 rings (SSSR count). The van der Waals surface area contributed by atoms with Gasteiger partial charge in [0, 0.05) is 0 Å². The van der Waals surface area contributed by atoms with Gasteiger partial charge >= 0.3 is 0 Å². The second kappa shape index (κ2) is 2.60. The maximum atomic E-state index is 11.7. The van der Waals surface area contributed by atoms with E-state index >= 15 is 0 Å². The first-order chi connectivity index (χ1) is 3.48. The molecule has 0 aromatic heterocycles. The third-order valence-corrected chi connectivity index (χ3v) is 0.849. The predicted octanol–water partition coefficient (Wildman–Crippen LogP) is 1.62. The first-order valence-corrected chi connectivity index (χ1v) is 2.40. The number of carbonyl (C=O) groups excluding carboxylic acids is 1. The van der Waals surface area contributed by atoms with Crippen LogP contribution in [0.3, 0.4) is 0 Å². The first kappa shape index (κ1) is 8.11. The van der Waals surface area contributed by atoms with Crippen molar-refractivity contribution >= 4 is 29.5 Å². The second-order valence-corrected chi connectivity index (χ2v) is 2.37. The van der Waals surface area contributed by atoms with Crippen molar-refractivity contribution < 1.29 is 13.6 Å². The van der Waals surface area contributed by atoms with Gasteiger partial charge in [-0.25, -0.2) is 8.78 Å². The number of carbonyl (C=O) groups is 1. The molecule has 0 aliphatic carbocycles. The van der Waals surface area contributed by atoms with Gasteiger partial charge in [0.15, 0.2) is 6.29 Å². The molecule has 0 aliphatic heterocycles. The van der Waals surface area contributed by atoms with Gasteiger partial charge < -0.3 is 0 Å². The van der Waals surface area contributed by atoms with Gasteiger partial charge in [-0.05, 0) is 0 Å². The van der Waals surface area contributed by atoms with Crippen LogP contribution in [-0.4, -0.2) is 17.0 Å². The molecule has 0 aromatic rings. The van der Waals surface area contributed by atoms with Crippen LogP contribution >= 0.6 is 23.2 Å². The maximum Gasteiger partial charge on any atom is 0.295 e. The molecule has 0 bridgehead atoms. The Morgan fingerprint density at radius 1 is 1.62 bits per heavy atom. The van der Waals surface area contributed by atoms with Crippen LogP contribution in [0.1, 0.15) is 0 Å². The van der Waals surface area contributed by atoms with E-state index in [1.165, 1.54) is 0 Å². The van der Waals surface area contributed by atoms with Crippen molar-refractivity contribution in [1.29, 1.82) is 0 Å². The lowest BCUT2D eigenvalue weighted by molar-refractivity contribution is -0.113. The van der Waals surface area contributed by atoms with Crippen molar-refractivity contribution in [2.75, 3.05) is 0 Å². The molecule has 0 N–H and O–H groups in total. The zero-order valence-electron chi connectivity index (χ0n) is 3.57. The van der Waals surface area contributed by atoms with Crippen LogP contribution in [0.25, 0.3) is 0 Å². The zero-order chi connectivity index (χ0) is 6.78. The van der Waals surface area contributed by atoms with E-state index in [0.29, 0.717) is 0 Å². The van der Waals surface area contributed by atoms with Crippen LogP contribution in [-0.2, 0) is 4.79 Å². The summed E-state index contributed by atoms with van der Waals surface area (Å²) in [5, 5.41) is 0. The van der Waals surface area contributed by atoms with Gasteiger partial charge in [0.1, 0.15) is 0 Å². The average Bonchev–Trinajstić information content (AvgIpc) is 1.62. The van der Waals surface area contributed by atoms with Gasteiger partial charge in [-0.3, -0.25) is 4.79 Å². The molecule has 5 heteroatoms. The van der Waals surface area contributed by atoms with Gasteiger partial charge in [-0.2, -0.15) is 0 Å². The van der Waals surface area contributed by atoms with Gasteiger partial charge in [0.2, 0.25) is 6.17 Å². The van der Waals surface area contributed by atoms with Crippen molar-refractivity contribution in [2.24, 2.45) is 0 Å². The molecule has 0 heterocycles. The van der Waals surface area contributed by atoms with Crippen LogP contribution in [0, 0.1) is 0 Å². The Morgan fingerprint density at radius 2 is 2.00 bits per heavy atom. The van der Waals surface area contributed by atoms with Gasteiger partial charge in [-0.1, -0.05) is 23.2 Å². The molecule has 0 saturated heterocycles. The Morgan fingerprint density at radius 3 is 2.00 bits per heavy atom. The van der Waals surface area contributed by atoms with E-state index in [9.17, 15) is 13.6 Å². The fourth-order valence-corrected chi connectivity index (χ4v) is 0.180. The van der Waals surface area contributed by atoms with E-state index in [0.717, 1.165) is 0 Å². The summed E-state index contributed by atoms with van der Waals surface area (Å²) in [5.74, 6) is 0. The van der Waals surface area contributed by atoms with Crippen LogP contribution in [0.4, 0.5) is 8.78 Å². The van der Waals surface area contributed by atoms with Crippen molar-refractivity contribution in [3.05, 3.63) is 0 Å². The summed E-state index contributed by atoms with van der Waals surface area (Å²) in [6.07, 6.45) is -2.77. The lowest BCUT2D eigenvalue weighted by Gasteiger charge is -2.06. The molecule has 48 valence electrons. The molecule has 0 fully saturated rings. The monoisotopic (exact) mass is 162 g/mol. The average molecular weight is 163 g/mol. The fraction of sp³-hybridized carbons (Fsp3) is 0.667. The van der Waals surface area contributed by atoms with E-state index in [4.69, 9.17) is 0 Å². The van der Waals surface area contributed by atoms with E-state index in [1.807, 2.05) is 0 Å². The highest BCUT2D eigenvalue weighted by Gasteiger charge is 2.34. The second-order valence-electron chi connectivity index (χ2n) is 1.08. The summed E-state index contributed by atoms with van der Waals surface area (Å²) in [7, 11) is 0. The van der Waals surface area contributed by atoms with Crippen molar-refractivity contribution in [2.45, 2.75) is 10.8 Å². The predicted molar refractivity (Wildman–Crippen MR) is 26.5 cm³/mol. The van der Waals surface area contributed by atoms with Crippen LogP contribution < -0.4 is 0 Å². The zero-order valence-corrected chi connectivity index (χ0v) is 5.09. The molecule has 0 spiro atoms. The topological polar surface area (TPSA) is 17.1 Å². The lowest BCUT2D eigenvalue weighted by Crippen LogP contribution is -2.22. The summed E-state index contributed by atoms with van der Waals surface area (Å²) in [6, 6.07) is 0. The molecule has 0 aliphatic rings. The number of hydrogen-bond donors (Lipinski definition) is 0. The van der Waals surface area contributed by atoms with E-state index < -0.39 is 10.8 Å². The number of rotatable bonds is 2. The minimum Gasteiger partial charge on any atom is -0.300 e. The van der Waals surface area contributed by atoms with Crippen molar-refractivity contribution in [1.82, 2.24) is 0 Å². The van der Waals surface area contributed by atoms with Crippen LogP contribution in [0.2, 0.25) is 0 Å². The van der Waals surface area contributed by atoms with E-state index in [1.54, 1.807) is 0 Å². The lowest BCUT2D eigenvalue weighted by atomic mass is 10.5. The Bertz CT molecular complexity index is 89.8. The van der Waals surface area contributed by atoms with Crippen molar-refractivity contribution in [3.63, 3.8) is 0 Å². The maximum absolute atomic E-state index is 11.7. The highest BCUT2D eigenvalue weighted by Crippen LogP contribution is 2.27. The quantitative estimate of drug-likeness (QED) is 0.446. The van der Waals surface area contributed by atoms with Crippen LogP contribution in [0.15, 0.2) is 0 Å². The molecule has 0 radical (unpaired) electrons. The molecule has 1 atom stereocenters. The Labute approximate surface area is 54.6 Å². The van der Waals surface area contributed by atoms with E-state index in [2.05, 4.69) is 23.2 Å². The summed E-state index contributed by atoms with van der Waals surface area (Å²) < 4.78 is 20.3. The minimum atomic E-state index is -3.08. The molecular weight excluding hydrogens is 161 g/mol. The molecule has 1 unspecified atom stereocenters. The SMILES string of the molecule is O=CC(F)C(F)(Cl)Cl. The Kier molecular flexibility index (Phi) is 2.63. The summed E-state index contributed by atoms with van der Waals surface area (Å²) in [6.45, 7) is 0. The molecule has 8 heavy (non-hydrogen) atoms. The molecule has 0 aromatic carbocycles. The van der Waals surface area contributed by atoms with Gasteiger partial charge in [0.05, 0.1) is 0 Å². The largest absolute Gasteiger partial charge is 0.300 e. The Hall–Kier alpha value is 0.110. The normalized spacial score (nSPS) is 15.5. The number of halogens is 4. The van der Waals surface area contributed by atoms with E-state index in [-0.39, 0.29) is 6.29 Å². The number of hydrogen-bond acceptors (Lipinski definition) is 1. The highest BCUT2D eigenvalue weighted by atomic mass is 35.5. The van der Waals surface area contributed by atoms with Crippen LogP contribution in [0.5, 0.6) is 0 Å². The highest BCUT2D eigenvalue weighted by molar-refractivity contribution is 6.48. The molecule has 0 amide bonds. The first-order valence-electron chi connectivity index (χ1n) is 1.64. The standard InChI is InChI=1S/C3H2Cl2F2O/c4-3(5,7)2(6)1-8/h1-2H. The third-order valence-electron chi connectivity index (χ3n) is 0.432. The van der Waals surface area contributed by atoms with Gasteiger partial charge in [-0.15, -0.1) is 0 Å². The summed E-state index contributed by atoms with van der Waals surface area (Å²) >= 11 is 8.95. The fourth-order valence-electron chi connectivity index (χ4n) is 0.0772. The Balaban J connectivity index is 3.80. The minimum absolute atomic E-state index is 0.306. The molecule has 1 nitrogen and oxygen atoms in total. The number of alkyl halides is 4. The van der Waals surface area contributed by atoms with Crippen molar-refractivity contribution in [3.8, 4) is 0 Å². The third kappa shape index (κ3) is 2.43.